The van der Waals surface area contributed by atoms with Gasteiger partial charge in [-0.2, -0.15) is 0 Å². The van der Waals surface area contributed by atoms with Gasteiger partial charge in [-0.15, -0.1) is 0 Å². The molecule has 0 fully saturated rings. The largest absolute Gasteiger partial charge is 0.476 e. The third-order valence-corrected chi connectivity index (χ3v) is 1.97. The average Bonchev–Trinajstić information content (AvgIpc) is 2.78. The first-order valence-electron chi connectivity index (χ1n) is 4.39. The number of aromatic nitrogens is 3. The van der Waals surface area contributed by atoms with Gasteiger partial charge in [0.25, 0.3) is 0 Å². The summed E-state index contributed by atoms with van der Waals surface area (Å²) in [6.45, 7) is 0. The molecule has 2 rings (SSSR count). The molecule has 0 amide bonds. The van der Waals surface area contributed by atoms with Crippen molar-refractivity contribution in [2.45, 2.75) is 0 Å². The van der Waals surface area contributed by atoms with E-state index in [1.165, 1.54) is 23.3 Å². The monoisotopic (exact) mass is 217 g/mol. The van der Waals surface area contributed by atoms with Gasteiger partial charge in [-0.3, -0.25) is 9.36 Å². The fraction of sp³-hybridized carbons (Fsp3) is 0. The second-order valence-corrected chi connectivity index (χ2v) is 3.04. The average molecular weight is 217 g/mol. The van der Waals surface area contributed by atoms with E-state index in [4.69, 9.17) is 5.11 Å². The molecule has 0 aromatic carbocycles. The number of hydrogen-bond donors (Lipinski definition) is 1. The maximum absolute atomic E-state index is 10.6. The Hall–Kier alpha value is -2.50. The van der Waals surface area contributed by atoms with Crippen molar-refractivity contribution < 1.29 is 14.7 Å². The number of pyridine rings is 1. The number of imidazole rings is 1. The highest BCUT2D eigenvalue weighted by Gasteiger charge is 2.08. The lowest BCUT2D eigenvalue weighted by molar-refractivity contribution is 0.0691. The topological polar surface area (TPSA) is 85.1 Å². The zero-order valence-electron chi connectivity index (χ0n) is 8.07. The zero-order chi connectivity index (χ0) is 11.5. The van der Waals surface area contributed by atoms with E-state index in [0.717, 1.165) is 0 Å². The van der Waals surface area contributed by atoms with Crippen LogP contribution >= 0.6 is 0 Å². The minimum absolute atomic E-state index is 0.0710. The molecule has 16 heavy (non-hydrogen) atoms. The van der Waals surface area contributed by atoms with E-state index in [9.17, 15) is 9.59 Å². The van der Waals surface area contributed by atoms with Crippen LogP contribution in [-0.2, 0) is 0 Å². The summed E-state index contributed by atoms with van der Waals surface area (Å²) >= 11 is 0. The number of carboxylic acid groups (broad SMARTS) is 1. The van der Waals surface area contributed by atoms with Gasteiger partial charge in [0.2, 0.25) is 0 Å². The molecule has 2 heterocycles. The molecule has 0 atom stereocenters. The van der Waals surface area contributed by atoms with Gasteiger partial charge in [0, 0.05) is 18.0 Å². The van der Waals surface area contributed by atoms with Crippen molar-refractivity contribution in [2.24, 2.45) is 0 Å². The van der Waals surface area contributed by atoms with Crippen molar-refractivity contribution in [3.63, 3.8) is 0 Å². The summed E-state index contributed by atoms with van der Waals surface area (Å²) in [6, 6.07) is 3.10. The predicted octanol–water partition coefficient (Wildman–Crippen LogP) is 0.778. The van der Waals surface area contributed by atoms with Crippen molar-refractivity contribution in [3.05, 3.63) is 42.1 Å². The first kappa shape index (κ1) is 10.0. The van der Waals surface area contributed by atoms with Gasteiger partial charge in [0.15, 0.2) is 5.69 Å². The molecule has 80 valence electrons. The van der Waals surface area contributed by atoms with Gasteiger partial charge in [-0.25, -0.2) is 14.8 Å². The number of carbonyl (C=O) groups is 2. The third-order valence-electron chi connectivity index (χ3n) is 1.97. The molecule has 2 aromatic heterocycles. The molecule has 0 radical (unpaired) electrons. The number of hydrogen-bond acceptors (Lipinski definition) is 4. The Kier molecular flexibility index (Phi) is 2.47. The van der Waals surface area contributed by atoms with Crippen molar-refractivity contribution in [1.82, 2.24) is 14.5 Å². The lowest BCUT2D eigenvalue weighted by Gasteiger charge is -1.99. The normalized spacial score (nSPS) is 10.0. The molecule has 0 aliphatic rings. The van der Waals surface area contributed by atoms with Crippen LogP contribution in [0.3, 0.4) is 0 Å². The van der Waals surface area contributed by atoms with Crippen LogP contribution in [0.25, 0.3) is 5.82 Å². The first-order chi connectivity index (χ1) is 7.70. The predicted molar refractivity (Wildman–Crippen MR) is 53.7 cm³/mol. The standard InChI is InChI=1S/C10H7N3O3/c14-5-7-1-2-11-9(3-7)13-4-8(10(15)16)12-6-13/h1-6H,(H,15,16). The van der Waals surface area contributed by atoms with Gasteiger partial charge in [0.05, 0.1) is 0 Å². The Morgan fingerprint density at radius 2 is 2.25 bits per heavy atom. The molecule has 0 bridgehead atoms. The molecular weight excluding hydrogens is 210 g/mol. The second-order valence-electron chi connectivity index (χ2n) is 3.04. The molecule has 0 spiro atoms. The summed E-state index contributed by atoms with van der Waals surface area (Å²) in [4.78, 5) is 28.9. The molecule has 6 heteroatoms. The van der Waals surface area contributed by atoms with Crippen molar-refractivity contribution in [1.29, 1.82) is 0 Å². The number of nitrogens with zero attached hydrogens (tertiary/aromatic N) is 3. The highest BCUT2D eigenvalue weighted by Crippen LogP contribution is 2.07. The van der Waals surface area contributed by atoms with E-state index in [1.807, 2.05) is 0 Å². The van der Waals surface area contributed by atoms with Crippen LogP contribution in [-0.4, -0.2) is 31.9 Å². The number of carbonyl (C=O) groups excluding carboxylic acids is 1. The summed E-state index contributed by atoms with van der Waals surface area (Å²) in [5.41, 5.74) is 0.397. The Morgan fingerprint density at radius 1 is 1.44 bits per heavy atom. The highest BCUT2D eigenvalue weighted by atomic mass is 16.4. The summed E-state index contributed by atoms with van der Waals surface area (Å²) in [5.74, 6) is -0.658. The van der Waals surface area contributed by atoms with Gasteiger partial charge in [-0.05, 0) is 12.1 Å². The molecule has 0 saturated carbocycles. The summed E-state index contributed by atoms with van der Waals surface area (Å²) in [5, 5.41) is 8.69. The van der Waals surface area contributed by atoms with Gasteiger partial charge < -0.3 is 5.11 Å². The van der Waals surface area contributed by atoms with Crippen LogP contribution in [0, 0.1) is 0 Å². The molecule has 1 N–H and O–H groups in total. The summed E-state index contributed by atoms with van der Waals surface area (Å²) in [7, 11) is 0. The smallest absolute Gasteiger partial charge is 0.356 e. The van der Waals surface area contributed by atoms with Gasteiger partial charge >= 0.3 is 5.97 Å². The lowest BCUT2D eigenvalue weighted by Crippen LogP contribution is -1.97. The minimum Gasteiger partial charge on any atom is -0.476 e. The molecule has 0 unspecified atom stereocenters. The van der Waals surface area contributed by atoms with E-state index < -0.39 is 5.97 Å². The SMILES string of the molecule is O=Cc1ccnc(-n2cnc(C(=O)O)c2)c1. The number of rotatable bonds is 3. The van der Waals surface area contributed by atoms with Crippen molar-refractivity contribution in [3.8, 4) is 5.82 Å². The van der Waals surface area contributed by atoms with Crippen LogP contribution in [0.2, 0.25) is 0 Å². The highest BCUT2D eigenvalue weighted by molar-refractivity contribution is 5.85. The summed E-state index contributed by atoms with van der Waals surface area (Å²) in [6.07, 6.45) is 4.83. The van der Waals surface area contributed by atoms with E-state index in [2.05, 4.69) is 9.97 Å². The molecule has 6 nitrogen and oxygen atoms in total. The Balaban J connectivity index is 2.42. The second kappa shape index (κ2) is 3.93. The third kappa shape index (κ3) is 1.81. The fourth-order valence-electron chi connectivity index (χ4n) is 1.21. The van der Waals surface area contributed by atoms with Crippen LogP contribution in [0.5, 0.6) is 0 Å². The molecular formula is C10H7N3O3. The van der Waals surface area contributed by atoms with E-state index >= 15 is 0 Å². The number of carboxylic acids is 1. The number of aromatic carboxylic acids is 1. The molecule has 0 aliphatic carbocycles. The van der Waals surface area contributed by atoms with Crippen LogP contribution in [0.1, 0.15) is 20.8 Å². The number of aldehydes is 1. The van der Waals surface area contributed by atoms with E-state index in [0.29, 0.717) is 17.7 Å². The Morgan fingerprint density at radius 3 is 2.88 bits per heavy atom. The lowest BCUT2D eigenvalue weighted by atomic mass is 10.3. The van der Waals surface area contributed by atoms with Crippen LogP contribution < -0.4 is 0 Å². The van der Waals surface area contributed by atoms with Crippen molar-refractivity contribution >= 4 is 12.3 Å². The molecule has 2 aromatic rings. The van der Waals surface area contributed by atoms with Crippen molar-refractivity contribution in [2.75, 3.05) is 0 Å². The maximum Gasteiger partial charge on any atom is 0.356 e. The quantitative estimate of drug-likeness (QED) is 0.768. The Labute approximate surface area is 90.2 Å². The zero-order valence-corrected chi connectivity index (χ0v) is 8.07. The molecule has 0 aliphatic heterocycles. The van der Waals surface area contributed by atoms with Gasteiger partial charge in [0.1, 0.15) is 18.4 Å². The Bertz CT molecular complexity index is 548. The van der Waals surface area contributed by atoms with Crippen LogP contribution in [0.15, 0.2) is 30.9 Å². The van der Waals surface area contributed by atoms with E-state index in [-0.39, 0.29) is 5.69 Å². The van der Waals surface area contributed by atoms with Gasteiger partial charge in [-0.1, -0.05) is 0 Å². The van der Waals surface area contributed by atoms with E-state index in [1.54, 1.807) is 12.1 Å². The minimum atomic E-state index is -1.11. The first-order valence-corrected chi connectivity index (χ1v) is 4.39. The molecule has 0 saturated heterocycles. The fourth-order valence-corrected chi connectivity index (χ4v) is 1.21. The summed E-state index contributed by atoms with van der Waals surface area (Å²) < 4.78 is 1.44. The maximum atomic E-state index is 10.6. The van der Waals surface area contributed by atoms with Crippen LogP contribution in [0.4, 0.5) is 0 Å².